The van der Waals surface area contributed by atoms with Gasteiger partial charge in [-0.25, -0.2) is 4.20 Å². The number of aromatic nitrogens is 6. The molecule has 0 amide bonds. The maximum atomic E-state index is 13.3. The minimum atomic E-state index is -5.64. The molecule has 0 bridgehead atoms. The lowest BCUT2D eigenvalue weighted by Gasteiger charge is -2.15. The van der Waals surface area contributed by atoms with Crippen LogP contribution >= 0.6 is 25.1 Å². The number of halogens is 3. The van der Waals surface area contributed by atoms with Gasteiger partial charge in [0.1, 0.15) is 30.0 Å². The zero-order chi connectivity index (χ0) is 26.2. The molecule has 0 aliphatic rings. The first-order valence-electron chi connectivity index (χ1n) is 9.45. The summed E-state index contributed by atoms with van der Waals surface area (Å²) in [4.78, 5) is 19.1. The SMILES string of the molecule is CN(C)[PH+](F)On1nnc2ccccc21.CN(C)[PH+](F)On1nnc2ccccc21.O=P([O-])([O-])F. The molecule has 0 aliphatic heterocycles. The Balaban J connectivity index is 0.000000208. The van der Waals surface area contributed by atoms with E-state index in [4.69, 9.17) is 23.6 Å². The monoisotopic (exact) mass is 556 g/mol. The van der Waals surface area contributed by atoms with Crippen molar-refractivity contribution in [1.29, 1.82) is 0 Å². The van der Waals surface area contributed by atoms with E-state index in [0.29, 0.717) is 22.1 Å². The first kappa shape index (κ1) is 28.8. The lowest BCUT2D eigenvalue weighted by Crippen LogP contribution is -2.14. The summed E-state index contributed by atoms with van der Waals surface area (Å²) in [7, 11) is -4.22. The second-order valence-corrected chi connectivity index (χ2v) is 10.8. The second kappa shape index (κ2) is 13.0. The first-order chi connectivity index (χ1) is 16.4. The van der Waals surface area contributed by atoms with E-state index in [2.05, 4.69) is 20.6 Å². The zero-order valence-corrected chi connectivity index (χ0v) is 21.7. The molecule has 0 fully saturated rings. The van der Waals surface area contributed by atoms with E-state index in [1.165, 1.54) is 9.34 Å². The molecule has 35 heavy (non-hydrogen) atoms. The van der Waals surface area contributed by atoms with Crippen LogP contribution in [0, 0.1) is 0 Å². The van der Waals surface area contributed by atoms with Crippen LogP contribution in [0.2, 0.25) is 0 Å². The highest BCUT2D eigenvalue weighted by Gasteiger charge is 2.24. The van der Waals surface area contributed by atoms with Crippen LogP contribution in [0.3, 0.4) is 0 Å². The summed E-state index contributed by atoms with van der Waals surface area (Å²) in [5, 5.41) is 15.1. The minimum Gasteiger partial charge on any atom is -0.786 e. The predicted octanol–water partition coefficient (Wildman–Crippen LogP) is 1.48. The molecule has 2 unspecified atom stereocenters. The summed E-state index contributed by atoms with van der Waals surface area (Å²) in [6, 6.07) is 14.5. The van der Waals surface area contributed by atoms with Gasteiger partial charge in [0, 0.05) is 36.6 Å². The Labute approximate surface area is 200 Å². The molecule has 0 aliphatic carbocycles. The fourth-order valence-corrected chi connectivity index (χ4v) is 3.02. The van der Waals surface area contributed by atoms with E-state index < -0.39 is 25.1 Å². The van der Waals surface area contributed by atoms with Crippen LogP contribution in [-0.2, 0) is 4.57 Å². The van der Waals surface area contributed by atoms with E-state index in [-0.39, 0.29) is 0 Å². The van der Waals surface area contributed by atoms with Crippen LogP contribution in [-0.4, -0.2) is 67.8 Å². The van der Waals surface area contributed by atoms with Crippen LogP contribution in [0.5, 0.6) is 0 Å². The van der Waals surface area contributed by atoms with Crippen LogP contribution in [0.15, 0.2) is 48.5 Å². The van der Waals surface area contributed by atoms with Gasteiger partial charge in [-0.15, -0.1) is 19.5 Å². The first-order valence-corrected chi connectivity index (χ1v) is 13.4. The Morgan fingerprint density at radius 3 is 1.43 bits per heavy atom. The molecule has 0 N–H and O–H groups in total. The van der Waals surface area contributed by atoms with Gasteiger partial charge in [-0.1, -0.05) is 24.3 Å². The third-order valence-electron chi connectivity index (χ3n) is 3.67. The number of rotatable bonds is 6. The highest BCUT2D eigenvalue weighted by molar-refractivity contribution is 7.44. The van der Waals surface area contributed by atoms with Crippen molar-refractivity contribution in [3.8, 4) is 0 Å². The van der Waals surface area contributed by atoms with Gasteiger partial charge in [-0.3, -0.25) is 0 Å². The molecule has 0 saturated heterocycles. The number of fused-ring (bicyclic) bond motifs is 2. The third kappa shape index (κ3) is 9.61. The summed E-state index contributed by atoms with van der Waals surface area (Å²) < 4.78 is 58.1. The van der Waals surface area contributed by atoms with Crippen molar-refractivity contribution in [2.75, 3.05) is 28.2 Å². The topological polar surface area (TPSA) is 150 Å². The average molecular weight is 556 g/mol. The molecule has 192 valence electrons. The molecule has 0 spiro atoms. The van der Waals surface area contributed by atoms with Crippen molar-refractivity contribution < 1.29 is 36.2 Å². The maximum Gasteiger partial charge on any atom is 0.471 e. The fraction of sp³-hybridized carbons (Fsp3) is 0.250. The van der Waals surface area contributed by atoms with E-state index in [9.17, 15) is 12.6 Å². The van der Waals surface area contributed by atoms with Crippen LogP contribution in [0.1, 0.15) is 0 Å². The number of nitrogens with zero attached hydrogens (tertiary/aromatic N) is 8. The fourth-order valence-electron chi connectivity index (χ4n) is 2.14. The quantitative estimate of drug-likeness (QED) is 0.318. The highest BCUT2D eigenvalue weighted by atomic mass is 31.2. The van der Waals surface area contributed by atoms with Crippen molar-refractivity contribution in [2.45, 2.75) is 0 Å². The smallest absolute Gasteiger partial charge is 0.471 e. The molecule has 0 radical (unpaired) electrons. The van der Waals surface area contributed by atoms with Crippen LogP contribution in [0.25, 0.3) is 22.1 Å². The molecular weight excluding hydrogens is 534 g/mol. The lowest BCUT2D eigenvalue weighted by molar-refractivity contribution is -0.328. The molecule has 13 nitrogen and oxygen atoms in total. The van der Waals surface area contributed by atoms with Gasteiger partial charge in [0.05, 0.1) is 0 Å². The summed E-state index contributed by atoms with van der Waals surface area (Å²) in [6.07, 6.45) is 0. The number of benzene rings is 2. The second-order valence-electron chi connectivity index (χ2n) is 6.81. The van der Waals surface area contributed by atoms with Gasteiger partial charge >= 0.3 is 17.2 Å². The van der Waals surface area contributed by atoms with Crippen molar-refractivity contribution in [1.82, 2.24) is 39.7 Å². The number of para-hydroxylation sites is 2. The van der Waals surface area contributed by atoms with Gasteiger partial charge in [-0.2, -0.15) is 9.25 Å². The van der Waals surface area contributed by atoms with E-state index in [0.717, 1.165) is 9.69 Å². The standard InChI is InChI=1S/2C8H10FN4OP.FH2O3P/c2*1-12(2)15(9)14-13-8-6-4-3-5-7(8)10-11-13;1-5(2,3)4/h2*3-6H,1-2H3;(H2,2,3,4). The Morgan fingerprint density at radius 2 is 1.11 bits per heavy atom. The van der Waals surface area contributed by atoms with Gasteiger partial charge in [0.25, 0.3) is 0 Å². The molecule has 0 saturated carbocycles. The normalized spacial score (nSPS) is 13.1. The summed E-state index contributed by atoms with van der Waals surface area (Å²) in [5.41, 5.74) is 2.70. The minimum absolute atomic E-state index is 0.666. The molecule has 2 heterocycles. The third-order valence-corrected chi connectivity index (χ3v) is 5.72. The van der Waals surface area contributed by atoms with E-state index in [1.54, 1.807) is 52.5 Å². The summed E-state index contributed by atoms with van der Waals surface area (Å²) in [6.45, 7) is 0. The van der Waals surface area contributed by atoms with Gasteiger partial charge in [0.2, 0.25) is 0 Å². The molecule has 4 rings (SSSR count). The average Bonchev–Trinajstić information content (AvgIpc) is 3.37. The van der Waals surface area contributed by atoms with Crippen molar-refractivity contribution in [2.24, 2.45) is 0 Å². The largest absolute Gasteiger partial charge is 0.786 e. The summed E-state index contributed by atoms with van der Waals surface area (Å²) >= 11 is 0. The molecule has 2 aromatic carbocycles. The Hall–Kier alpha value is -2.44. The van der Waals surface area contributed by atoms with Gasteiger partial charge in [-0.05, 0) is 44.4 Å². The van der Waals surface area contributed by atoms with Crippen LogP contribution in [0.4, 0.5) is 12.6 Å². The zero-order valence-electron chi connectivity index (χ0n) is 18.8. The molecule has 19 heteroatoms. The summed E-state index contributed by atoms with van der Waals surface area (Å²) in [5.74, 6) is 0. The van der Waals surface area contributed by atoms with Crippen molar-refractivity contribution in [3.63, 3.8) is 0 Å². The Morgan fingerprint density at radius 1 is 0.800 bits per heavy atom. The molecular formula is C16H22F3N8O5P3. The number of hydrogen-bond donors (Lipinski definition) is 0. The van der Waals surface area contributed by atoms with Gasteiger partial charge in [0.15, 0.2) is 0 Å². The molecule has 2 aromatic heterocycles. The Bertz CT molecular complexity index is 1160. The molecule has 4 aromatic rings. The van der Waals surface area contributed by atoms with E-state index >= 15 is 0 Å². The molecule has 2 atom stereocenters. The van der Waals surface area contributed by atoms with Crippen molar-refractivity contribution in [3.05, 3.63) is 48.5 Å². The Kier molecular flexibility index (Phi) is 10.7. The van der Waals surface area contributed by atoms with Gasteiger partial charge < -0.3 is 14.4 Å². The predicted molar refractivity (Wildman–Crippen MR) is 123 cm³/mol. The van der Waals surface area contributed by atoms with Crippen LogP contribution < -0.4 is 19.0 Å². The van der Waals surface area contributed by atoms with E-state index in [1.807, 2.05) is 24.3 Å². The maximum absolute atomic E-state index is 13.3. The van der Waals surface area contributed by atoms with Crippen molar-refractivity contribution >= 4 is 47.2 Å². The number of hydrogen-bond acceptors (Lipinski definition) is 11. The lowest BCUT2D eigenvalue weighted by atomic mass is 10.3. The highest BCUT2D eigenvalue weighted by Crippen LogP contribution is 2.37.